The summed E-state index contributed by atoms with van der Waals surface area (Å²) in [5, 5.41) is 12.8. The Labute approximate surface area is 191 Å². The van der Waals surface area contributed by atoms with Crippen molar-refractivity contribution in [3.63, 3.8) is 0 Å². The van der Waals surface area contributed by atoms with Crippen LogP contribution in [0.15, 0.2) is 51.7 Å². The van der Waals surface area contributed by atoms with E-state index in [9.17, 15) is 19.5 Å². The van der Waals surface area contributed by atoms with Crippen LogP contribution in [0.4, 0.5) is 0 Å². The zero-order chi connectivity index (χ0) is 23.8. The molecule has 0 atom stereocenters. The van der Waals surface area contributed by atoms with E-state index in [0.717, 1.165) is 10.9 Å². The number of aryl methyl sites for hydroxylation is 2. The number of hydrogen-bond acceptors (Lipinski definition) is 6. The van der Waals surface area contributed by atoms with Gasteiger partial charge in [0.05, 0.1) is 5.97 Å². The molecule has 7 nitrogen and oxygen atoms in total. The maximum atomic E-state index is 12.8. The molecule has 4 rings (SSSR count). The van der Waals surface area contributed by atoms with Gasteiger partial charge >= 0.3 is 5.63 Å². The van der Waals surface area contributed by atoms with Crippen molar-refractivity contribution in [1.29, 1.82) is 0 Å². The predicted molar refractivity (Wildman–Crippen MR) is 121 cm³/mol. The van der Waals surface area contributed by atoms with Crippen LogP contribution in [0, 0.1) is 20.8 Å². The summed E-state index contributed by atoms with van der Waals surface area (Å²) in [6.07, 6.45) is 0.563. The average Bonchev–Trinajstić information content (AvgIpc) is 2.83. The number of amides is 1. The molecule has 0 unspecified atom stereocenters. The lowest BCUT2D eigenvalue weighted by atomic mass is 9.73. The standard InChI is InChI=1S/C26H27NO6/c1-16-17(2)24(29)33-23-18(3)21(10-9-20(16)23)32-15-22(28)27-13-11-26(12-14-27,25(30)31)19-7-5-4-6-8-19/h4-10H,11-15H2,1-3H3,(H,30,31)/p-1. The van der Waals surface area contributed by atoms with Gasteiger partial charge in [-0.1, -0.05) is 30.3 Å². The second kappa shape index (κ2) is 8.73. The summed E-state index contributed by atoms with van der Waals surface area (Å²) >= 11 is 0. The van der Waals surface area contributed by atoms with Crippen LogP contribution >= 0.6 is 0 Å². The van der Waals surface area contributed by atoms with Crippen molar-refractivity contribution in [2.45, 2.75) is 39.0 Å². The number of carboxylic acid groups (broad SMARTS) is 1. The molecule has 172 valence electrons. The van der Waals surface area contributed by atoms with Crippen LogP contribution in [0.1, 0.15) is 35.1 Å². The molecular weight excluding hydrogens is 422 g/mol. The van der Waals surface area contributed by atoms with Gasteiger partial charge in [-0.3, -0.25) is 4.79 Å². The molecule has 1 aromatic heterocycles. The third-order valence-electron chi connectivity index (χ3n) is 6.86. The lowest BCUT2D eigenvalue weighted by molar-refractivity contribution is -0.315. The van der Waals surface area contributed by atoms with Crippen LogP contribution in [-0.4, -0.2) is 36.5 Å². The third kappa shape index (κ3) is 3.99. The topological polar surface area (TPSA) is 99.9 Å². The highest BCUT2D eigenvalue weighted by molar-refractivity contribution is 5.86. The fraction of sp³-hybridized carbons (Fsp3) is 0.346. The highest BCUT2D eigenvalue weighted by atomic mass is 16.5. The minimum atomic E-state index is -1.11. The molecule has 1 aliphatic heterocycles. The Balaban J connectivity index is 1.46. The second-order valence-corrected chi connectivity index (χ2v) is 8.61. The van der Waals surface area contributed by atoms with Crippen molar-refractivity contribution in [3.05, 3.63) is 75.1 Å². The lowest BCUT2D eigenvalue weighted by Gasteiger charge is -2.42. The van der Waals surface area contributed by atoms with Gasteiger partial charge in [0.1, 0.15) is 11.3 Å². The van der Waals surface area contributed by atoms with Crippen molar-refractivity contribution in [2.75, 3.05) is 19.7 Å². The number of piperidine rings is 1. The Morgan fingerprint density at radius 2 is 1.67 bits per heavy atom. The van der Waals surface area contributed by atoms with Gasteiger partial charge in [0.15, 0.2) is 6.61 Å². The molecule has 2 aromatic carbocycles. The Kier molecular flexibility index (Phi) is 5.97. The van der Waals surface area contributed by atoms with E-state index in [1.165, 1.54) is 0 Å². The second-order valence-electron chi connectivity index (χ2n) is 8.61. The largest absolute Gasteiger partial charge is 0.549 e. The van der Waals surface area contributed by atoms with E-state index in [1.807, 2.05) is 31.2 Å². The Morgan fingerprint density at radius 1 is 1.00 bits per heavy atom. The molecule has 1 amide bonds. The van der Waals surface area contributed by atoms with Gasteiger partial charge in [-0.25, -0.2) is 4.79 Å². The number of likely N-dealkylation sites (tertiary alicyclic amines) is 1. The minimum Gasteiger partial charge on any atom is -0.549 e. The molecule has 0 N–H and O–H groups in total. The molecule has 0 bridgehead atoms. The van der Waals surface area contributed by atoms with Crippen molar-refractivity contribution < 1.29 is 23.8 Å². The summed E-state index contributed by atoms with van der Waals surface area (Å²) in [4.78, 5) is 38.5. The molecule has 0 radical (unpaired) electrons. The number of rotatable bonds is 5. The van der Waals surface area contributed by atoms with Crippen LogP contribution in [-0.2, 0) is 15.0 Å². The van der Waals surface area contributed by atoms with Gasteiger partial charge in [0.25, 0.3) is 5.91 Å². The summed E-state index contributed by atoms with van der Waals surface area (Å²) in [6.45, 7) is 5.80. The van der Waals surface area contributed by atoms with E-state index in [-0.39, 0.29) is 31.0 Å². The number of benzene rings is 2. The van der Waals surface area contributed by atoms with E-state index in [0.29, 0.717) is 41.1 Å². The maximum absolute atomic E-state index is 12.8. The Hall–Kier alpha value is -3.61. The van der Waals surface area contributed by atoms with Crippen LogP contribution in [0.5, 0.6) is 5.75 Å². The predicted octanol–water partition coefficient (Wildman–Crippen LogP) is 2.41. The minimum absolute atomic E-state index is 0.189. The highest BCUT2D eigenvalue weighted by Crippen LogP contribution is 2.35. The molecule has 3 aromatic rings. The SMILES string of the molecule is Cc1c(C)c2ccc(OCC(=O)N3CCC(C(=O)[O-])(c4ccccc4)CC3)c(C)c2oc1=O. The molecular formula is C26H26NO6-. The van der Waals surface area contributed by atoms with Gasteiger partial charge in [0.2, 0.25) is 0 Å². The fourth-order valence-electron chi connectivity index (χ4n) is 4.52. The first-order chi connectivity index (χ1) is 15.7. The van der Waals surface area contributed by atoms with E-state index in [4.69, 9.17) is 9.15 Å². The summed E-state index contributed by atoms with van der Waals surface area (Å²) < 4.78 is 11.2. The van der Waals surface area contributed by atoms with Gasteiger partial charge < -0.3 is 24.0 Å². The van der Waals surface area contributed by atoms with E-state index < -0.39 is 11.4 Å². The van der Waals surface area contributed by atoms with E-state index in [1.54, 1.807) is 36.9 Å². The van der Waals surface area contributed by atoms with Gasteiger partial charge in [0, 0.05) is 35.0 Å². The van der Waals surface area contributed by atoms with Gasteiger partial charge in [-0.05, 0) is 56.9 Å². The smallest absolute Gasteiger partial charge is 0.339 e. The number of ether oxygens (including phenoxy) is 1. The molecule has 1 aliphatic rings. The van der Waals surface area contributed by atoms with Crippen molar-refractivity contribution in [1.82, 2.24) is 4.90 Å². The van der Waals surface area contributed by atoms with Crippen molar-refractivity contribution >= 4 is 22.8 Å². The van der Waals surface area contributed by atoms with Crippen LogP contribution < -0.4 is 15.5 Å². The summed E-state index contributed by atoms with van der Waals surface area (Å²) in [7, 11) is 0. The van der Waals surface area contributed by atoms with E-state index >= 15 is 0 Å². The van der Waals surface area contributed by atoms with Crippen LogP contribution in [0.3, 0.4) is 0 Å². The molecule has 0 spiro atoms. The number of carboxylic acids is 1. The number of aliphatic carboxylic acids is 1. The number of carbonyl (C=O) groups is 2. The van der Waals surface area contributed by atoms with Crippen LogP contribution in [0.25, 0.3) is 11.0 Å². The first kappa shape index (κ1) is 22.6. The number of hydrogen-bond donors (Lipinski definition) is 0. The zero-order valence-corrected chi connectivity index (χ0v) is 19.0. The lowest BCUT2D eigenvalue weighted by Crippen LogP contribution is -2.54. The summed E-state index contributed by atoms with van der Waals surface area (Å²) in [5.74, 6) is -0.875. The first-order valence-corrected chi connectivity index (χ1v) is 11.0. The van der Waals surface area contributed by atoms with E-state index in [2.05, 4.69) is 0 Å². The average molecular weight is 448 g/mol. The fourth-order valence-corrected chi connectivity index (χ4v) is 4.52. The summed E-state index contributed by atoms with van der Waals surface area (Å²) in [6, 6.07) is 12.6. The molecule has 1 saturated heterocycles. The third-order valence-corrected chi connectivity index (χ3v) is 6.86. The number of nitrogens with zero attached hydrogens (tertiary/aromatic N) is 1. The molecule has 7 heteroatoms. The normalized spacial score (nSPS) is 15.4. The number of fused-ring (bicyclic) bond motifs is 1. The summed E-state index contributed by atoms with van der Waals surface area (Å²) in [5.41, 5.74) is 1.74. The van der Waals surface area contributed by atoms with Gasteiger partial charge in [-0.15, -0.1) is 0 Å². The molecule has 0 aliphatic carbocycles. The molecule has 1 fully saturated rings. The van der Waals surface area contributed by atoms with Crippen molar-refractivity contribution in [2.24, 2.45) is 0 Å². The number of carbonyl (C=O) groups excluding carboxylic acids is 2. The first-order valence-electron chi connectivity index (χ1n) is 11.0. The molecule has 33 heavy (non-hydrogen) atoms. The maximum Gasteiger partial charge on any atom is 0.339 e. The quantitative estimate of drug-likeness (QED) is 0.556. The van der Waals surface area contributed by atoms with Crippen molar-refractivity contribution in [3.8, 4) is 5.75 Å². The molecule has 2 heterocycles. The monoisotopic (exact) mass is 448 g/mol. The zero-order valence-electron chi connectivity index (χ0n) is 19.0. The highest BCUT2D eigenvalue weighted by Gasteiger charge is 2.38. The Bertz CT molecular complexity index is 1270. The Morgan fingerprint density at radius 3 is 2.30 bits per heavy atom. The van der Waals surface area contributed by atoms with Gasteiger partial charge in [-0.2, -0.15) is 0 Å². The molecule has 0 saturated carbocycles. The van der Waals surface area contributed by atoms with Crippen LogP contribution in [0.2, 0.25) is 0 Å².